The Balaban J connectivity index is 2.18. The van der Waals surface area contributed by atoms with Crippen LogP contribution in [0.25, 0.3) is 0 Å². The highest BCUT2D eigenvalue weighted by Crippen LogP contribution is 2.31. The van der Waals surface area contributed by atoms with Crippen LogP contribution in [-0.2, 0) is 9.59 Å². The van der Waals surface area contributed by atoms with Crippen molar-refractivity contribution in [3.8, 4) is 5.75 Å². The van der Waals surface area contributed by atoms with Gasteiger partial charge in [-0.15, -0.1) is 0 Å². The van der Waals surface area contributed by atoms with Gasteiger partial charge in [-0.3, -0.25) is 9.59 Å². The first-order chi connectivity index (χ1) is 11.8. The lowest BCUT2D eigenvalue weighted by Gasteiger charge is -2.21. The fourth-order valence-electron chi connectivity index (χ4n) is 2.27. The Labute approximate surface area is 156 Å². The zero-order valence-corrected chi connectivity index (χ0v) is 15.6. The van der Waals surface area contributed by atoms with Gasteiger partial charge in [-0.25, -0.2) is 0 Å². The molecule has 0 atom stereocenters. The summed E-state index contributed by atoms with van der Waals surface area (Å²) in [6, 6.07) is 10.1. The summed E-state index contributed by atoms with van der Waals surface area (Å²) in [6.07, 6.45) is 0. The van der Waals surface area contributed by atoms with Gasteiger partial charge in [-0.2, -0.15) is 0 Å². The highest BCUT2D eigenvalue weighted by Gasteiger charge is 2.17. The molecule has 0 bridgehead atoms. The van der Waals surface area contributed by atoms with E-state index in [0.29, 0.717) is 27.2 Å². The summed E-state index contributed by atoms with van der Waals surface area (Å²) in [5.74, 6) is -0.160. The van der Waals surface area contributed by atoms with Crippen molar-refractivity contribution >= 4 is 46.4 Å². The SMILES string of the molecule is COc1cc(Cl)c(C)cc1NC(=O)CN(C(C)=O)c1ccc(Cl)cc1. The maximum Gasteiger partial charge on any atom is 0.244 e. The lowest BCUT2D eigenvalue weighted by molar-refractivity contribution is -0.120. The number of rotatable bonds is 5. The number of carbonyl (C=O) groups excluding carboxylic acids is 2. The Morgan fingerprint density at radius 1 is 1.16 bits per heavy atom. The van der Waals surface area contributed by atoms with Crippen molar-refractivity contribution in [1.82, 2.24) is 0 Å². The van der Waals surface area contributed by atoms with Crippen molar-refractivity contribution in [2.24, 2.45) is 0 Å². The molecule has 0 unspecified atom stereocenters. The average Bonchev–Trinajstić information content (AvgIpc) is 2.56. The van der Waals surface area contributed by atoms with Gasteiger partial charge in [0.05, 0.1) is 12.8 Å². The number of carbonyl (C=O) groups is 2. The maximum absolute atomic E-state index is 12.4. The fourth-order valence-corrected chi connectivity index (χ4v) is 2.55. The lowest BCUT2D eigenvalue weighted by Crippen LogP contribution is -2.36. The number of hydrogen-bond acceptors (Lipinski definition) is 3. The van der Waals surface area contributed by atoms with Gasteiger partial charge >= 0.3 is 0 Å². The van der Waals surface area contributed by atoms with E-state index < -0.39 is 0 Å². The van der Waals surface area contributed by atoms with E-state index in [9.17, 15) is 9.59 Å². The van der Waals surface area contributed by atoms with Crippen LogP contribution in [0.15, 0.2) is 36.4 Å². The fraction of sp³-hybridized carbons (Fsp3) is 0.222. The van der Waals surface area contributed by atoms with E-state index in [1.165, 1.54) is 18.9 Å². The van der Waals surface area contributed by atoms with Crippen molar-refractivity contribution in [1.29, 1.82) is 0 Å². The van der Waals surface area contributed by atoms with Crippen molar-refractivity contribution in [2.75, 3.05) is 23.9 Å². The molecule has 132 valence electrons. The molecule has 0 heterocycles. The molecule has 2 aromatic carbocycles. The van der Waals surface area contributed by atoms with Crippen LogP contribution in [0.4, 0.5) is 11.4 Å². The average molecular weight is 381 g/mol. The molecule has 7 heteroatoms. The summed E-state index contributed by atoms with van der Waals surface area (Å²) in [4.78, 5) is 25.7. The molecule has 0 aliphatic heterocycles. The highest BCUT2D eigenvalue weighted by molar-refractivity contribution is 6.31. The van der Waals surface area contributed by atoms with Crippen LogP contribution in [0.3, 0.4) is 0 Å². The van der Waals surface area contributed by atoms with Crippen molar-refractivity contribution in [3.63, 3.8) is 0 Å². The molecule has 1 N–H and O–H groups in total. The minimum absolute atomic E-state index is 0.137. The number of halogens is 2. The second-order valence-corrected chi connectivity index (χ2v) is 6.28. The van der Waals surface area contributed by atoms with Gasteiger partial charge in [-0.05, 0) is 42.8 Å². The lowest BCUT2D eigenvalue weighted by atomic mass is 10.2. The molecule has 0 radical (unpaired) electrons. The van der Waals surface area contributed by atoms with Crippen LogP contribution in [0.5, 0.6) is 5.75 Å². The minimum atomic E-state index is -0.356. The summed E-state index contributed by atoms with van der Waals surface area (Å²) in [7, 11) is 1.49. The molecule has 0 fully saturated rings. The molecule has 0 aromatic heterocycles. The quantitative estimate of drug-likeness (QED) is 0.840. The maximum atomic E-state index is 12.4. The largest absolute Gasteiger partial charge is 0.495 e. The standard InChI is InChI=1S/C18H18Cl2N2O3/c1-11-8-16(17(25-3)9-15(11)20)21-18(24)10-22(12(2)23)14-6-4-13(19)5-7-14/h4-9H,10H2,1-3H3,(H,21,24). The van der Waals surface area contributed by atoms with E-state index in [-0.39, 0.29) is 18.4 Å². The zero-order chi connectivity index (χ0) is 18.6. The first-order valence-corrected chi connectivity index (χ1v) is 8.25. The molecule has 0 saturated heterocycles. The zero-order valence-electron chi connectivity index (χ0n) is 14.1. The molecule has 5 nitrogen and oxygen atoms in total. The number of nitrogens with zero attached hydrogens (tertiary/aromatic N) is 1. The van der Waals surface area contributed by atoms with Gasteiger partial charge in [-0.1, -0.05) is 23.2 Å². The molecule has 0 aliphatic rings. The normalized spacial score (nSPS) is 10.3. The molecule has 2 aromatic rings. The predicted octanol–water partition coefficient (Wildman–Crippen LogP) is 4.30. The molecule has 0 saturated carbocycles. The first kappa shape index (κ1) is 19.1. The number of hydrogen-bond donors (Lipinski definition) is 1. The summed E-state index contributed by atoms with van der Waals surface area (Å²) < 4.78 is 5.24. The molecular formula is C18H18Cl2N2O3. The first-order valence-electron chi connectivity index (χ1n) is 7.49. The smallest absolute Gasteiger partial charge is 0.244 e. The second kappa shape index (κ2) is 8.23. The van der Waals surface area contributed by atoms with Crippen LogP contribution >= 0.6 is 23.2 Å². The number of aryl methyl sites for hydroxylation is 1. The minimum Gasteiger partial charge on any atom is -0.495 e. The number of nitrogens with one attached hydrogen (secondary N) is 1. The Bertz CT molecular complexity index is 792. The molecular weight excluding hydrogens is 363 g/mol. The summed E-state index contributed by atoms with van der Waals surface area (Å²) in [5, 5.41) is 3.85. The van der Waals surface area contributed by atoms with Crippen LogP contribution < -0.4 is 15.0 Å². The molecule has 0 aliphatic carbocycles. The van der Waals surface area contributed by atoms with Crippen LogP contribution in [0.1, 0.15) is 12.5 Å². The Kier molecular flexibility index (Phi) is 6.28. The Hall–Kier alpha value is -2.24. The van der Waals surface area contributed by atoms with Crippen LogP contribution in [-0.4, -0.2) is 25.5 Å². The number of benzene rings is 2. The number of methoxy groups -OCH3 is 1. The van der Waals surface area contributed by atoms with Crippen LogP contribution in [0.2, 0.25) is 10.0 Å². The summed E-state index contributed by atoms with van der Waals surface area (Å²) >= 11 is 11.9. The monoisotopic (exact) mass is 380 g/mol. The van der Waals surface area contributed by atoms with Crippen molar-refractivity contribution in [3.05, 3.63) is 52.0 Å². The Morgan fingerprint density at radius 2 is 1.80 bits per heavy atom. The topological polar surface area (TPSA) is 58.6 Å². The van der Waals surface area contributed by atoms with Gasteiger partial charge in [0.15, 0.2) is 0 Å². The van der Waals surface area contributed by atoms with Gasteiger partial charge in [0.2, 0.25) is 11.8 Å². The van der Waals surface area contributed by atoms with E-state index >= 15 is 0 Å². The molecule has 25 heavy (non-hydrogen) atoms. The number of anilines is 2. The summed E-state index contributed by atoms with van der Waals surface area (Å²) in [6.45, 7) is 3.09. The third-order valence-electron chi connectivity index (χ3n) is 3.57. The summed E-state index contributed by atoms with van der Waals surface area (Å²) in [5.41, 5.74) is 1.89. The van der Waals surface area contributed by atoms with Gasteiger partial charge in [0.25, 0.3) is 0 Å². The number of ether oxygens (including phenoxy) is 1. The van der Waals surface area contributed by atoms with Gasteiger partial charge in [0.1, 0.15) is 12.3 Å². The van der Waals surface area contributed by atoms with Gasteiger partial charge < -0.3 is 15.0 Å². The van der Waals surface area contributed by atoms with E-state index in [4.69, 9.17) is 27.9 Å². The van der Waals surface area contributed by atoms with Crippen molar-refractivity contribution in [2.45, 2.75) is 13.8 Å². The second-order valence-electron chi connectivity index (χ2n) is 5.43. The highest BCUT2D eigenvalue weighted by atomic mass is 35.5. The molecule has 2 rings (SSSR count). The van der Waals surface area contributed by atoms with E-state index in [2.05, 4.69) is 5.32 Å². The van der Waals surface area contributed by atoms with E-state index in [1.54, 1.807) is 36.4 Å². The molecule has 0 spiro atoms. The van der Waals surface area contributed by atoms with E-state index in [1.807, 2.05) is 6.92 Å². The van der Waals surface area contributed by atoms with E-state index in [0.717, 1.165) is 5.56 Å². The third kappa shape index (κ3) is 4.87. The third-order valence-corrected chi connectivity index (χ3v) is 4.23. The number of amides is 2. The van der Waals surface area contributed by atoms with Crippen LogP contribution in [0, 0.1) is 6.92 Å². The Morgan fingerprint density at radius 3 is 2.36 bits per heavy atom. The molecule has 2 amide bonds. The van der Waals surface area contributed by atoms with Crippen molar-refractivity contribution < 1.29 is 14.3 Å². The van der Waals surface area contributed by atoms with Gasteiger partial charge in [0, 0.05) is 28.7 Å². The predicted molar refractivity (Wildman–Crippen MR) is 101 cm³/mol.